The Balaban J connectivity index is 2.20. The van der Waals surface area contributed by atoms with Crippen LogP contribution in [0, 0.1) is 6.92 Å². The van der Waals surface area contributed by atoms with Crippen LogP contribution < -0.4 is 5.32 Å². The van der Waals surface area contributed by atoms with Gasteiger partial charge >= 0.3 is 5.97 Å². The molecular weight excluding hydrogens is 322 g/mol. The van der Waals surface area contributed by atoms with Gasteiger partial charge < -0.3 is 10.1 Å². The maximum absolute atomic E-state index is 12.5. The lowest BCUT2D eigenvalue weighted by atomic mass is 9.87. The monoisotopic (exact) mass is 345 g/mol. The van der Waals surface area contributed by atoms with Crippen LogP contribution in [0.1, 0.15) is 59.5 Å². The molecular formula is C19H23NO3S. The molecule has 4 nitrogen and oxygen atoms in total. The van der Waals surface area contributed by atoms with Crippen molar-refractivity contribution in [3.05, 3.63) is 51.9 Å². The second-order valence-electron chi connectivity index (χ2n) is 6.62. The van der Waals surface area contributed by atoms with E-state index in [2.05, 4.69) is 26.1 Å². The van der Waals surface area contributed by atoms with Crippen molar-refractivity contribution in [2.45, 2.75) is 40.0 Å². The first-order valence-electron chi connectivity index (χ1n) is 7.91. The molecule has 0 fully saturated rings. The Bertz CT molecular complexity index is 739. The van der Waals surface area contributed by atoms with Gasteiger partial charge in [-0.3, -0.25) is 4.79 Å². The molecule has 1 amide bonds. The quantitative estimate of drug-likeness (QED) is 0.811. The molecule has 2 aromatic rings. The summed E-state index contributed by atoms with van der Waals surface area (Å²) in [5.41, 5.74) is 3.00. The summed E-state index contributed by atoms with van der Waals surface area (Å²) in [5, 5.41) is 5.19. The molecule has 0 aliphatic carbocycles. The van der Waals surface area contributed by atoms with E-state index in [1.54, 1.807) is 19.1 Å². The van der Waals surface area contributed by atoms with Gasteiger partial charge in [0.2, 0.25) is 0 Å². The van der Waals surface area contributed by atoms with Crippen molar-refractivity contribution in [1.29, 1.82) is 0 Å². The van der Waals surface area contributed by atoms with Gasteiger partial charge in [0.25, 0.3) is 5.91 Å². The number of rotatable bonds is 4. The summed E-state index contributed by atoms with van der Waals surface area (Å²) >= 11 is 1.33. The van der Waals surface area contributed by atoms with Crippen molar-refractivity contribution < 1.29 is 14.3 Å². The zero-order valence-corrected chi connectivity index (χ0v) is 15.5. The molecule has 1 heterocycles. The van der Waals surface area contributed by atoms with Crippen molar-refractivity contribution in [2.75, 3.05) is 11.9 Å². The number of thiophene rings is 1. The number of benzene rings is 1. The smallest absolute Gasteiger partial charge is 0.341 e. The summed E-state index contributed by atoms with van der Waals surface area (Å²) in [6.45, 7) is 10.3. The molecule has 5 heteroatoms. The minimum atomic E-state index is -0.408. The third-order valence-corrected chi connectivity index (χ3v) is 4.71. The first-order valence-corrected chi connectivity index (χ1v) is 8.79. The van der Waals surface area contributed by atoms with Crippen molar-refractivity contribution in [3.63, 3.8) is 0 Å². The second kappa shape index (κ2) is 7.18. The van der Waals surface area contributed by atoms with E-state index in [4.69, 9.17) is 4.74 Å². The molecule has 0 saturated heterocycles. The highest BCUT2D eigenvalue weighted by atomic mass is 32.1. The van der Waals surface area contributed by atoms with Crippen LogP contribution >= 0.6 is 11.3 Å². The highest BCUT2D eigenvalue weighted by molar-refractivity contribution is 7.15. The predicted octanol–water partition coefficient (Wildman–Crippen LogP) is 4.78. The van der Waals surface area contributed by atoms with E-state index in [1.165, 1.54) is 16.9 Å². The molecule has 128 valence electrons. The van der Waals surface area contributed by atoms with Gasteiger partial charge in [-0.05, 0) is 47.9 Å². The van der Waals surface area contributed by atoms with Crippen LogP contribution in [0.3, 0.4) is 0 Å². The number of ether oxygens (including phenoxy) is 1. The molecule has 0 aliphatic rings. The van der Waals surface area contributed by atoms with Gasteiger partial charge in [-0.1, -0.05) is 32.9 Å². The maximum atomic E-state index is 12.5. The molecule has 0 atom stereocenters. The van der Waals surface area contributed by atoms with Crippen LogP contribution in [0.25, 0.3) is 0 Å². The van der Waals surface area contributed by atoms with Gasteiger partial charge in [-0.2, -0.15) is 0 Å². The first-order chi connectivity index (χ1) is 11.2. The van der Waals surface area contributed by atoms with Crippen LogP contribution in [-0.2, 0) is 10.2 Å². The van der Waals surface area contributed by atoms with Crippen LogP contribution in [0.15, 0.2) is 29.6 Å². The van der Waals surface area contributed by atoms with E-state index in [-0.39, 0.29) is 11.3 Å². The van der Waals surface area contributed by atoms with Crippen LogP contribution in [0.4, 0.5) is 5.00 Å². The number of hydrogen-bond donors (Lipinski definition) is 1. The van der Waals surface area contributed by atoms with E-state index in [0.717, 1.165) is 5.56 Å². The summed E-state index contributed by atoms with van der Waals surface area (Å²) in [6, 6.07) is 7.53. The van der Waals surface area contributed by atoms with E-state index < -0.39 is 5.97 Å². The highest BCUT2D eigenvalue weighted by Gasteiger charge is 2.20. The first kappa shape index (κ1) is 18.2. The Kier molecular flexibility index (Phi) is 5.44. The van der Waals surface area contributed by atoms with Gasteiger partial charge in [-0.15, -0.1) is 11.3 Å². The second-order valence-corrected chi connectivity index (χ2v) is 7.50. The van der Waals surface area contributed by atoms with E-state index in [1.807, 2.05) is 24.4 Å². The Hall–Kier alpha value is -2.14. The molecule has 1 aromatic carbocycles. The van der Waals surface area contributed by atoms with Gasteiger partial charge in [0.05, 0.1) is 12.2 Å². The fraction of sp³-hybridized carbons (Fsp3) is 0.368. The SMILES string of the molecule is CCOC(=O)c1c(C)csc1NC(=O)c1ccc(C(C)(C)C)cc1. The third-order valence-electron chi connectivity index (χ3n) is 3.69. The lowest BCUT2D eigenvalue weighted by Gasteiger charge is -2.19. The summed E-state index contributed by atoms with van der Waals surface area (Å²) in [4.78, 5) is 24.5. The van der Waals surface area contributed by atoms with Gasteiger partial charge in [0.1, 0.15) is 5.00 Å². The number of carbonyl (C=O) groups is 2. The molecule has 0 aliphatic heterocycles. The fourth-order valence-electron chi connectivity index (χ4n) is 2.29. The number of esters is 1. The summed E-state index contributed by atoms with van der Waals surface area (Å²) < 4.78 is 5.06. The molecule has 0 spiro atoms. The van der Waals surface area contributed by atoms with Crippen molar-refractivity contribution in [2.24, 2.45) is 0 Å². The Morgan fingerprint density at radius 3 is 2.33 bits per heavy atom. The Morgan fingerprint density at radius 1 is 1.17 bits per heavy atom. The zero-order valence-electron chi connectivity index (χ0n) is 14.7. The molecule has 0 unspecified atom stereocenters. The average molecular weight is 345 g/mol. The number of amides is 1. The van der Waals surface area contributed by atoms with Crippen LogP contribution in [-0.4, -0.2) is 18.5 Å². The minimum Gasteiger partial charge on any atom is -0.462 e. The summed E-state index contributed by atoms with van der Waals surface area (Å²) in [5.74, 6) is -0.641. The molecule has 0 radical (unpaired) electrons. The number of aryl methyl sites for hydroxylation is 1. The third kappa shape index (κ3) is 4.03. The van der Waals surface area contributed by atoms with Crippen molar-refractivity contribution in [1.82, 2.24) is 0 Å². The van der Waals surface area contributed by atoms with Crippen LogP contribution in [0.5, 0.6) is 0 Å². The van der Waals surface area contributed by atoms with E-state index in [0.29, 0.717) is 22.7 Å². The number of carbonyl (C=O) groups excluding carboxylic acids is 2. The summed E-state index contributed by atoms with van der Waals surface area (Å²) in [6.07, 6.45) is 0. The lowest BCUT2D eigenvalue weighted by Crippen LogP contribution is -2.16. The normalized spacial score (nSPS) is 11.2. The zero-order chi connectivity index (χ0) is 17.9. The maximum Gasteiger partial charge on any atom is 0.341 e. The lowest BCUT2D eigenvalue weighted by molar-refractivity contribution is 0.0527. The molecule has 0 bridgehead atoms. The average Bonchev–Trinajstić information content (AvgIpc) is 2.87. The summed E-state index contributed by atoms with van der Waals surface area (Å²) in [7, 11) is 0. The highest BCUT2D eigenvalue weighted by Crippen LogP contribution is 2.29. The molecule has 2 rings (SSSR count). The minimum absolute atomic E-state index is 0.0386. The Labute approximate surface area is 146 Å². The molecule has 1 N–H and O–H groups in total. The largest absolute Gasteiger partial charge is 0.462 e. The molecule has 0 saturated carbocycles. The molecule has 24 heavy (non-hydrogen) atoms. The van der Waals surface area contributed by atoms with Gasteiger partial charge in [-0.25, -0.2) is 4.79 Å². The number of nitrogens with one attached hydrogen (secondary N) is 1. The molecule has 1 aromatic heterocycles. The number of hydrogen-bond acceptors (Lipinski definition) is 4. The van der Waals surface area contributed by atoms with Crippen molar-refractivity contribution >= 4 is 28.2 Å². The number of anilines is 1. The topological polar surface area (TPSA) is 55.4 Å². The van der Waals surface area contributed by atoms with E-state index >= 15 is 0 Å². The van der Waals surface area contributed by atoms with Gasteiger partial charge in [0.15, 0.2) is 0 Å². The van der Waals surface area contributed by atoms with Crippen molar-refractivity contribution in [3.8, 4) is 0 Å². The fourth-order valence-corrected chi connectivity index (χ4v) is 3.22. The van der Waals surface area contributed by atoms with E-state index in [9.17, 15) is 9.59 Å². The van der Waals surface area contributed by atoms with Gasteiger partial charge in [0, 0.05) is 5.56 Å². The predicted molar refractivity (Wildman–Crippen MR) is 98.1 cm³/mol. The van der Waals surface area contributed by atoms with Crippen LogP contribution in [0.2, 0.25) is 0 Å². The standard InChI is InChI=1S/C19H23NO3S/c1-6-23-18(22)15-12(2)11-24-17(15)20-16(21)13-7-9-14(10-8-13)19(3,4)5/h7-11H,6H2,1-5H3,(H,20,21). The Morgan fingerprint density at radius 2 is 1.79 bits per heavy atom.